The number of imidazole rings is 2. The highest BCUT2D eigenvalue weighted by atomic mass is 79.9. The van der Waals surface area contributed by atoms with Crippen LogP contribution in [-0.4, -0.2) is 19.1 Å². The Balaban J connectivity index is 1.43. The molecule has 0 fully saturated rings. The zero-order valence-corrected chi connectivity index (χ0v) is 19.5. The molecule has 30 heavy (non-hydrogen) atoms. The average Bonchev–Trinajstić information content (AvgIpc) is 3.29. The first-order valence-corrected chi connectivity index (χ1v) is 11.3. The molecule has 4 N–H and O–H groups in total. The van der Waals surface area contributed by atoms with Crippen molar-refractivity contribution in [3.8, 4) is 22.5 Å². The molecule has 4 rings (SSSR count). The first-order valence-electron chi connectivity index (χ1n) is 9.67. The SMILES string of the molecule is Nc1ncc(-c2ccc(Br)cc2)n1CCCCn1c(-c2ccc(Br)cc2)cnc1N. The Kier molecular flexibility index (Phi) is 6.24. The summed E-state index contributed by atoms with van der Waals surface area (Å²) < 4.78 is 6.22. The third-order valence-electron chi connectivity index (χ3n) is 5.07. The van der Waals surface area contributed by atoms with Gasteiger partial charge >= 0.3 is 0 Å². The normalized spacial score (nSPS) is 11.1. The minimum Gasteiger partial charge on any atom is -0.369 e. The third-order valence-corrected chi connectivity index (χ3v) is 6.12. The molecule has 0 saturated heterocycles. The molecule has 0 aliphatic rings. The lowest BCUT2D eigenvalue weighted by Gasteiger charge is -2.12. The van der Waals surface area contributed by atoms with Gasteiger partial charge in [-0.1, -0.05) is 56.1 Å². The number of halogens is 2. The van der Waals surface area contributed by atoms with E-state index in [-0.39, 0.29) is 0 Å². The van der Waals surface area contributed by atoms with E-state index in [0.29, 0.717) is 11.9 Å². The minimum absolute atomic E-state index is 0.533. The molecular formula is C22H22Br2N6. The largest absolute Gasteiger partial charge is 0.369 e. The van der Waals surface area contributed by atoms with Gasteiger partial charge in [0.15, 0.2) is 0 Å². The number of hydrogen-bond donors (Lipinski definition) is 2. The molecule has 0 saturated carbocycles. The molecule has 0 spiro atoms. The Labute approximate surface area is 192 Å². The summed E-state index contributed by atoms with van der Waals surface area (Å²) in [5, 5.41) is 0. The van der Waals surface area contributed by atoms with E-state index < -0.39 is 0 Å². The van der Waals surface area contributed by atoms with E-state index in [0.717, 1.165) is 57.4 Å². The molecule has 2 aromatic heterocycles. The highest BCUT2D eigenvalue weighted by Crippen LogP contribution is 2.26. The second-order valence-electron chi connectivity index (χ2n) is 7.03. The highest BCUT2D eigenvalue weighted by Gasteiger charge is 2.11. The number of rotatable bonds is 7. The van der Waals surface area contributed by atoms with Crippen molar-refractivity contribution in [2.75, 3.05) is 11.5 Å². The van der Waals surface area contributed by atoms with Crippen LogP contribution in [0.15, 0.2) is 69.9 Å². The minimum atomic E-state index is 0.533. The van der Waals surface area contributed by atoms with Crippen LogP contribution in [0, 0.1) is 0 Å². The molecule has 0 aliphatic heterocycles. The van der Waals surface area contributed by atoms with Crippen molar-refractivity contribution in [1.29, 1.82) is 0 Å². The van der Waals surface area contributed by atoms with Crippen LogP contribution in [0.1, 0.15) is 12.8 Å². The van der Waals surface area contributed by atoms with E-state index in [1.165, 1.54) is 0 Å². The summed E-state index contributed by atoms with van der Waals surface area (Å²) in [6.07, 6.45) is 5.55. The monoisotopic (exact) mass is 528 g/mol. The molecule has 0 bridgehead atoms. The van der Waals surface area contributed by atoms with Gasteiger partial charge in [0.1, 0.15) is 0 Å². The van der Waals surface area contributed by atoms with Crippen LogP contribution in [0.2, 0.25) is 0 Å². The molecule has 0 atom stereocenters. The number of nitrogen functional groups attached to an aromatic ring is 2. The summed E-state index contributed by atoms with van der Waals surface area (Å²) in [5.41, 5.74) is 16.5. The molecule has 0 radical (unpaired) electrons. The van der Waals surface area contributed by atoms with Crippen LogP contribution >= 0.6 is 31.9 Å². The lowest BCUT2D eigenvalue weighted by molar-refractivity contribution is 0.564. The fraction of sp³-hybridized carbons (Fsp3) is 0.182. The predicted molar refractivity (Wildman–Crippen MR) is 129 cm³/mol. The number of unbranched alkanes of at least 4 members (excludes halogenated alkanes) is 1. The van der Waals surface area contributed by atoms with Crippen molar-refractivity contribution in [2.45, 2.75) is 25.9 Å². The summed E-state index contributed by atoms with van der Waals surface area (Å²) in [5.74, 6) is 1.07. The molecule has 0 aliphatic carbocycles. The maximum absolute atomic E-state index is 6.13. The summed E-state index contributed by atoms with van der Waals surface area (Å²) >= 11 is 6.95. The van der Waals surface area contributed by atoms with Crippen LogP contribution < -0.4 is 11.5 Å². The van der Waals surface area contributed by atoms with Crippen molar-refractivity contribution < 1.29 is 0 Å². The summed E-state index contributed by atoms with van der Waals surface area (Å²) in [7, 11) is 0. The van der Waals surface area contributed by atoms with E-state index in [9.17, 15) is 0 Å². The molecule has 4 aromatic rings. The van der Waals surface area contributed by atoms with Gasteiger partial charge in [0.05, 0.1) is 23.8 Å². The second kappa shape index (κ2) is 9.06. The zero-order valence-electron chi connectivity index (χ0n) is 16.3. The van der Waals surface area contributed by atoms with Crippen molar-refractivity contribution in [1.82, 2.24) is 19.1 Å². The van der Waals surface area contributed by atoms with E-state index in [2.05, 4.69) is 75.2 Å². The summed E-state index contributed by atoms with van der Waals surface area (Å²) in [6, 6.07) is 16.3. The lowest BCUT2D eigenvalue weighted by atomic mass is 10.1. The summed E-state index contributed by atoms with van der Waals surface area (Å²) in [6.45, 7) is 1.58. The van der Waals surface area contributed by atoms with Crippen molar-refractivity contribution in [3.05, 3.63) is 69.9 Å². The van der Waals surface area contributed by atoms with Gasteiger partial charge in [0.2, 0.25) is 11.9 Å². The van der Waals surface area contributed by atoms with Gasteiger partial charge < -0.3 is 20.6 Å². The number of aromatic nitrogens is 4. The van der Waals surface area contributed by atoms with Gasteiger partial charge in [-0.05, 0) is 48.2 Å². The molecule has 0 amide bonds. The van der Waals surface area contributed by atoms with Gasteiger partial charge in [-0.15, -0.1) is 0 Å². The van der Waals surface area contributed by atoms with Crippen LogP contribution in [0.5, 0.6) is 0 Å². The molecule has 154 valence electrons. The Bertz CT molecular complexity index is 1040. The topological polar surface area (TPSA) is 87.7 Å². The number of nitrogens with zero attached hydrogens (tertiary/aromatic N) is 4. The van der Waals surface area contributed by atoms with Crippen LogP contribution in [0.4, 0.5) is 11.9 Å². The van der Waals surface area contributed by atoms with Crippen molar-refractivity contribution in [3.63, 3.8) is 0 Å². The number of nitrogens with two attached hydrogens (primary N) is 2. The van der Waals surface area contributed by atoms with Crippen molar-refractivity contribution in [2.24, 2.45) is 0 Å². The molecule has 6 nitrogen and oxygen atoms in total. The maximum Gasteiger partial charge on any atom is 0.200 e. The van der Waals surface area contributed by atoms with E-state index in [4.69, 9.17) is 11.5 Å². The Morgan fingerprint density at radius 1 is 0.633 bits per heavy atom. The maximum atomic E-state index is 6.13. The van der Waals surface area contributed by atoms with Gasteiger partial charge in [-0.2, -0.15) is 0 Å². The number of anilines is 2. The fourth-order valence-electron chi connectivity index (χ4n) is 3.49. The van der Waals surface area contributed by atoms with Gasteiger partial charge in [-0.3, -0.25) is 0 Å². The lowest BCUT2D eigenvalue weighted by Crippen LogP contribution is -2.08. The van der Waals surface area contributed by atoms with Gasteiger partial charge in [0.25, 0.3) is 0 Å². The number of hydrogen-bond acceptors (Lipinski definition) is 4. The van der Waals surface area contributed by atoms with Crippen LogP contribution in [0.3, 0.4) is 0 Å². The van der Waals surface area contributed by atoms with Crippen molar-refractivity contribution >= 4 is 43.8 Å². The van der Waals surface area contributed by atoms with Crippen LogP contribution in [-0.2, 0) is 13.1 Å². The Morgan fingerprint density at radius 2 is 1.00 bits per heavy atom. The van der Waals surface area contributed by atoms with E-state index >= 15 is 0 Å². The predicted octanol–water partition coefficient (Wildman–Crippen LogP) is 5.58. The summed E-state index contributed by atoms with van der Waals surface area (Å²) in [4.78, 5) is 8.62. The van der Waals surface area contributed by atoms with Gasteiger partial charge in [0, 0.05) is 22.0 Å². The van der Waals surface area contributed by atoms with E-state index in [1.54, 1.807) is 0 Å². The first-order chi connectivity index (χ1) is 14.5. The average molecular weight is 530 g/mol. The second-order valence-corrected chi connectivity index (χ2v) is 8.86. The zero-order chi connectivity index (χ0) is 21.1. The smallest absolute Gasteiger partial charge is 0.200 e. The standard InChI is InChI=1S/C22H22Br2N6/c23-17-7-3-15(4-8-17)19-13-27-21(25)29(19)11-1-2-12-30-20(14-28-22(30)26)16-5-9-18(24)10-6-16/h3-10,13-14H,1-2,11-12H2,(H2,25,27)(H2,26,28). The fourth-order valence-corrected chi connectivity index (χ4v) is 4.02. The Morgan fingerprint density at radius 3 is 1.37 bits per heavy atom. The molecule has 8 heteroatoms. The van der Waals surface area contributed by atoms with E-state index in [1.807, 2.05) is 36.7 Å². The molecule has 2 aromatic carbocycles. The first kappa shape index (κ1) is 20.7. The highest BCUT2D eigenvalue weighted by molar-refractivity contribution is 9.10. The molecule has 2 heterocycles. The molecule has 0 unspecified atom stereocenters. The third kappa shape index (κ3) is 4.44. The quantitative estimate of drug-likeness (QED) is 0.306. The Hall–Kier alpha value is -2.58. The van der Waals surface area contributed by atoms with Crippen LogP contribution in [0.25, 0.3) is 22.5 Å². The van der Waals surface area contributed by atoms with Gasteiger partial charge in [-0.25, -0.2) is 9.97 Å². The number of benzene rings is 2. The molecular weight excluding hydrogens is 508 g/mol.